The minimum atomic E-state index is -1.64. The Kier molecular flexibility index (Phi) is 3.02. The van der Waals surface area contributed by atoms with Crippen LogP contribution in [-0.2, 0) is 9.53 Å². The highest BCUT2D eigenvalue weighted by molar-refractivity contribution is 5.76. The molecule has 5 heteroatoms. The second kappa shape index (κ2) is 3.71. The van der Waals surface area contributed by atoms with E-state index in [0.717, 1.165) is 0 Å². The van der Waals surface area contributed by atoms with Gasteiger partial charge in [0.1, 0.15) is 23.6 Å². The van der Waals surface area contributed by atoms with E-state index in [4.69, 9.17) is 4.74 Å². The lowest BCUT2D eigenvalue weighted by atomic mass is 9.87. The molecule has 0 amide bonds. The molecule has 1 saturated heterocycles. The first kappa shape index (κ1) is 10.6. The zero-order valence-corrected chi connectivity index (χ0v) is 7.43. The number of aliphatic hydroxyl groups is 3. The van der Waals surface area contributed by atoms with Crippen molar-refractivity contribution >= 4 is 5.78 Å². The van der Waals surface area contributed by atoms with Crippen molar-refractivity contribution in [3.63, 3.8) is 0 Å². The molecule has 1 aliphatic rings. The van der Waals surface area contributed by atoms with Crippen molar-refractivity contribution in [1.82, 2.24) is 0 Å². The van der Waals surface area contributed by atoms with Gasteiger partial charge >= 0.3 is 0 Å². The molecule has 1 fully saturated rings. The third-order valence-corrected chi connectivity index (χ3v) is 2.11. The van der Waals surface area contributed by atoms with Crippen LogP contribution in [0.5, 0.6) is 0 Å². The largest absolute Gasteiger partial charge is 0.388 e. The highest BCUT2D eigenvalue weighted by Crippen LogP contribution is 2.23. The molecule has 0 aromatic rings. The molecule has 0 aliphatic carbocycles. The van der Waals surface area contributed by atoms with Crippen LogP contribution in [0.1, 0.15) is 13.3 Å². The Balaban J connectivity index is 2.69. The van der Waals surface area contributed by atoms with Crippen molar-refractivity contribution < 1.29 is 24.9 Å². The van der Waals surface area contributed by atoms with Crippen molar-refractivity contribution in [1.29, 1.82) is 0 Å². The molecular weight excluding hydrogens is 176 g/mol. The normalized spacial score (nSPS) is 40.3. The lowest BCUT2D eigenvalue weighted by Crippen LogP contribution is -2.58. The van der Waals surface area contributed by atoms with Crippen molar-refractivity contribution in [2.45, 2.75) is 31.2 Å². The van der Waals surface area contributed by atoms with Crippen molar-refractivity contribution in [2.75, 3.05) is 13.2 Å². The van der Waals surface area contributed by atoms with Gasteiger partial charge < -0.3 is 20.1 Å². The minimum Gasteiger partial charge on any atom is -0.388 e. The van der Waals surface area contributed by atoms with Crippen molar-refractivity contribution in [3.8, 4) is 0 Å². The van der Waals surface area contributed by atoms with E-state index in [-0.39, 0.29) is 25.4 Å². The summed E-state index contributed by atoms with van der Waals surface area (Å²) in [5.41, 5.74) is -1.64. The van der Waals surface area contributed by atoms with Crippen molar-refractivity contribution in [2.24, 2.45) is 0 Å². The number of hydrogen-bond acceptors (Lipinski definition) is 5. The second-order valence-corrected chi connectivity index (χ2v) is 3.51. The number of carbonyl (C=O) groups is 1. The average Bonchev–Trinajstić information content (AvgIpc) is 1.99. The van der Waals surface area contributed by atoms with E-state index in [9.17, 15) is 20.1 Å². The third kappa shape index (κ3) is 2.25. The molecule has 0 unspecified atom stereocenters. The molecule has 3 atom stereocenters. The number of aliphatic hydroxyl groups excluding tert-OH is 2. The second-order valence-electron chi connectivity index (χ2n) is 3.51. The van der Waals surface area contributed by atoms with Crippen LogP contribution >= 0.6 is 0 Å². The predicted molar refractivity (Wildman–Crippen MR) is 43.1 cm³/mol. The molecular formula is C8H14O5. The number of hydrogen-bond donors (Lipinski definition) is 3. The van der Waals surface area contributed by atoms with Crippen LogP contribution in [0.3, 0.4) is 0 Å². The molecule has 0 saturated carbocycles. The molecule has 13 heavy (non-hydrogen) atoms. The van der Waals surface area contributed by atoms with Crippen LogP contribution in [-0.4, -0.2) is 52.1 Å². The van der Waals surface area contributed by atoms with E-state index >= 15 is 0 Å². The molecule has 76 valence electrons. The first-order valence-electron chi connectivity index (χ1n) is 4.11. The SMILES string of the molecule is CC(=O)C[C@]1(O)COC[C@H](O)[C@H]1O. The third-order valence-electron chi connectivity index (χ3n) is 2.11. The molecule has 0 bridgehead atoms. The van der Waals surface area contributed by atoms with E-state index in [1.54, 1.807) is 0 Å². The van der Waals surface area contributed by atoms with Gasteiger partial charge in [0.25, 0.3) is 0 Å². The van der Waals surface area contributed by atoms with Crippen LogP contribution in [0, 0.1) is 0 Å². The zero-order valence-electron chi connectivity index (χ0n) is 7.43. The van der Waals surface area contributed by atoms with Gasteiger partial charge in [-0.05, 0) is 6.92 Å². The standard InChI is InChI=1S/C8H14O5/c1-5(9)2-8(12)4-13-3-6(10)7(8)11/h6-7,10-12H,2-4H2,1H3/t6-,7+,8-/m0/s1. The molecule has 0 aromatic carbocycles. The summed E-state index contributed by atoms with van der Waals surface area (Å²) < 4.78 is 4.86. The van der Waals surface area contributed by atoms with Gasteiger partial charge in [-0.2, -0.15) is 0 Å². The first-order valence-corrected chi connectivity index (χ1v) is 4.11. The molecule has 5 nitrogen and oxygen atoms in total. The highest BCUT2D eigenvalue weighted by Gasteiger charge is 2.44. The summed E-state index contributed by atoms with van der Waals surface area (Å²) in [5, 5.41) is 28.3. The Morgan fingerprint density at radius 1 is 1.62 bits per heavy atom. The summed E-state index contributed by atoms with van der Waals surface area (Å²) >= 11 is 0. The summed E-state index contributed by atoms with van der Waals surface area (Å²) in [6, 6.07) is 0. The quantitative estimate of drug-likeness (QED) is 0.490. The van der Waals surface area contributed by atoms with Crippen LogP contribution in [0.25, 0.3) is 0 Å². The fourth-order valence-electron chi connectivity index (χ4n) is 1.48. The summed E-state index contributed by atoms with van der Waals surface area (Å²) in [6.45, 7) is 1.18. The molecule has 0 aromatic heterocycles. The summed E-state index contributed by atoms with van der Waals surface area (Å²) in [5.74, 6) is -0.251. The van der Waals surface area contributed by atoms with E-state index < -0.39 is 17.8 Å². The monoisotopic (exact) mass is 190 g/mol. The minimum absolute atomic E-state index is 0.0125. The maximum absolute atomic E-state index is 10.8. The number of rotatable bonds is 2. The molecule has 0 spiro atoms. The van der Waals surface area contributed by atoms with Gasteiger partial charge in [-0.1, -0.05) is 0 Å². The van der Waals surface area contributed by atoms with Gasteiger partial charge in [-0.3, -0.25) is 4.79 Å². The molecule has 0 radical (unpaired) electrons. The number of ether oxygens (including phenoxy) is 1. The Labute approximate surface area is 75.9 Å². The maximum Gasteiger partial charge on any atom is 0.132 e. The first-order chi connectivity index (χ1) is 5.96. The van der Waals surface area contributed by atoms with Crippen LogP contribution in [0.15, 0.2) is 0 Å². The molecule has 1 heterocycles. The maximum atomic E-state index is 10.8. The smallest absolute Gasteiger partial charge is 0.132 e. The molecule has 3 N–H and O–H groups in total. The zero-order chi connectivity index (χ0) is 10.1. The molecule has 1 aliphatic heterocycles. The lowest BCUT2D eigenvalue weighted by molar-refractivity contribution is -0.208. The van der Waals surface area contributed by atoms with Gasteiger partial charge in [0.2, 0.25) is 0 Å². The van der Waals surface area contributed by atoms with Crippen LogP contribution < -0.4 is 0 Å². The summed E-state index contributed by atoms with van der Waals surface area (Å²) in [7, 11) is 0. The van der Waals surface area contributed by atoms with Gasteiger partial charge in [0.05, 0.1) is 13.2 Å². The Morgan fingerprint density at radius 2 is 2.23 bits per heavy atom. The Hall–Kier alpha value is -0.490. The average molecular weight is 190 g/mol. The van der Waals surface area contributed by atoms with Crippen molar-refractivity contribution in [3.05, 3.63) is 0 Å². The fourth-order valence-corrected chi connectivity index (χ4v) is 1.48. The number of Topliss-reactive ketones (excluding diaryl/α,β-unsaturated/α-hetero) is 1. The number of carbonyl (C=O) groups excluding carboxylic acids is 1. The van der Waals surface area contributed by atoms with E-state index in [0.29, 0.717) is 0 Å². The van der Waals surface area contributed by atoms with Gasteiger partial charge in [0, 0.05) is 6.42 Å². The topological polar surface area (TPSA) is 87.0 Å². The van der Waals surface area contributed by atoms with Gasteiger partial charge in [-0.25, -0.2) is 0 Å². The Morgan fingerprint density at radius 3 is 2.77 bits per heavy atom. The van der Waals surface area contributed by atoms with E-state index in [1.165, 1.54) is 6.92 Å². The number of ketones is 1. The van der Waals surface area contributed by atoms with E-state index in [2.05, 4.69) is 0 Å². The van der Waals surface area contributed by atoms with Gasteiger partial charge in [0.15, 0.2) is 0 Å². The lowest BCUT2D eigenvalue weighted by Gasteiger charge is -2.38. The highest BCUT2D eigenvalue weighted by atomic mass is 16.5. The van der Waals surface area contributed by atoms with Crippen LogP contribution in [0.2, 0.25) is 0 Å². The van der Waals surface area contributed by atoms with E-state index in [1.807, 2.05) is 0 Å². The Bertz CT molecular complexity index is 205. The molecule has 1 rings (SSSR count). The van der Waals surface area contributed by atoms with Gasteiger partial charge in [-0.15, -0.1) is 0 Å². The fraction of sp³-hybridized carbons (Fsp3) is 0.875. The van der Waals surface area contributed by atoms with Crippen LogP contribution in [0.4, 0.5) is 0 Å². The summed E-state index contributed by atoms with van der Waals surface area (Å²) in [6.07, 6.45) is -2.64. The predicted octanol–water partition coefficient (Wildman–Crippen LogP) is -1.55. The summed E-state index contributed by atoms with van der Waals surface area (Å²) in [4.78, 5) is 10.8.